The summed E-state index contributed by atoms with van der Waals surface area (Å²) < 4.78 is 7.72. The van der Waals surface area contributed by atoms with Gasteiger partial charge in [-0.05, 0) is 36.9 Å². The molecular weight excluding hydrogens is 248 g/mol. The fraction of sp³-hybridized carbons (Fsp3) is 0.529. The highest BCUT2D eigenvalue weighted by molar-refractivity contribution is 5.81. The number of nitrogens with zero attached hydrogens (tertiary/aromatic N) is 2. The second-order valence-corrected chi connectivity index (χ2v) is 5.83. The third-order valence-electron chi connectivity index (χ3n) is 4.52. The Morgan fingerprint density at radius 1 is 1.25 bits per heavy atom. The van der Waals surface area contributed by atoms with Gasteiger partial charge in [-0.3, -0.25) is 4.90 Å². The molecule has 1 aromatic heterocycles. The van der Waals surface area contributed by atoms with E-state index in [9.17, 15) is 0 Å². The molecule has 3 nitrogen and oxygen atoms in total. The predicted octanol–water partition coefficient (Wildman–Crippen LogP) is 3.18. The Hall–Kier alpha value is -1.32. The fourth-order valence-electron chi connectivity index (χ4n) is 3.36. The largest absolute Gasteiger partial charge is 0.383 e. The molecule has 1 aromatic carbocycles. The summed E-state index contributed by atoms with van der Waals surface area (Å²) in [4.78, 5) is 2.58. The molecule has 1 saturated heterocycles. The first-order valence-electron chi connectivity index (χ1n) is 7.56. The number of ether oxygens (including phenoxy) is 1. The molecular formula is C17H24N2O. The monoisotopic (exact) mass is 272 g/mol. The van der Waals surface area contributed by atoms with Gasteiger partial charge in [0.05, 0.1) is 6.61 Å². The van der Waals surface area contributed by atoms with Gasteiger partial charge in [0.2, 0.25) is 0 Å². The standard InChI is InChI=1S/C17H24N2O/c1-18-16(11-14-7-3-4-9-17(14)18)12-19-10-6-5-8-15(19)13-20-2/h3-4,7,9,11,15H,5-6,8,10,12-13H2,1-2H3/t15-/m0/s1. The van der Waals surface area contributed by atoms with E-state index in [-0.39, 0.29) is 0 Å². The molecule has 0 bridgehead atoms. The van der Waals surface area contributed by atoms with Crippen molar-refractivity contribution in [3.63, 3.8) is 0 Å². The average molecular weight is 272 g/mol. The smallest absolute Gasteiger partial charge is 0.0618 e. The number of fused-ring (bicyclic) bond motifs is 1. The molecule has 0 N–H and O–H groups in total. The van der Waals surface area contributed by atoms with E-state index in [1.807, 2.05) is 7.11 Å². The lowest BCUT2D eigenvalue weighted by atomic mass is 10.0. The second-order valence-electron chi connectivity index (χ2n) is 5.83. The number of hydrogen-bond acceptors (Lipinski definition) is 2. The van der Waals surface area contributed by atoms with E-state index < -0.39 is 0 Å². The fourth-order valence-corrected chi connectivity index (χ4v) is 3.36. The molecule has 20 heavy (non-hydrogen) atoms. The molecule has 3 rings (SSSR count). The Bertz CT molecular complexity index is 573. The van der Waals surface area contributed by atoms with Gasteiger partial charge in [-0.15, -0.1) is 0 Å². The molecule has 0 unspecified atom stereocenters. The lowest BCUT2D eigenvalue weighted by Gasteiger charge is -2.35. The minimum absolute atomic E-state index is 0.576. The van der Waals surface area contributed by atoms with Gasteiger partial charge in [0.1, 0.15) is 0 Å². The van der Waals surface area contributed by atoms with Crippen molar-refractivity contribution in [2.24, 2.45) is 7.05 Å². The number of rotatable bonds is 4. The number of hydrogen-bond donors (Lipinski definition) is 0. The summed E-state index contributed by atoms with van der Waals surface area (Å²) in [6.45, 7) is 3.07. The molecule has 1 aliphatic rings. The van der Waals surface area contributed by atoms with Crippen LogP contribution in [0.5, 0.6) is 0 Å². The van der Waals surface area contributed by atoms with Gasteiger partial charge in [0, 0.05) is 38.0 Å². The molecule has 0 spiro atoms. The predicted molar refractivity (Wildman–Crippen MR) is 82.8 cm³/mol. The Balaban J connectivity index is 1.82. The van der Waals surface area contributed by atoms with E-state index in [0.29, 0.717) is 6.04 Å². The molecule has 1 atom stereocenters. The van der Waals surface area contributed by atoms with Crippen LogP contribution in [0.15, 0.2) is 30.3 Å². The highest BCUT2D eigenvalue weighted by Gasteiger charge is 2.23. The Labute approximate surface area is 121 Å². The first-order valence-corrected chi connectivity index (χ1v) is 7.56. The molecule has 0 amide bonds. The Kier molecular flexibility index (Phi) is 4.08. The van der Waals surface area contributed by atoms with Gasteiger partial charge in [-0.1, -0.05) is 24.6 Å². The van der Waals surface area contributed by atoms with Crippen LogP contribution in [0.3, 0.4) is 0 Å². The van der Waals surface area contributed by atoms with Crippen molar-refractivity contribution in [1.29, 1.82) is 0 Å². The second kappa shape index (κ2) is 5.98. The highest BCUT2D eigenvalue weighted by Crippen LogP contribution is 2.23. The number of methoxy groups -OCH3 is 1. The van der Waals surface area contributed by atoms with Crippen LogP contribution in [0.4, 0.5) is 0 Å². The number of piperidine rings is 1. The zero-order valence-electron chi connectivity index (χ0n) is 12.5. The van der Waals surface area contributed by atoms with Gasteiger partial charge in [0.15, 0.2) is 0 Å². The van der Waals surface area contributed by atoms with Crippen LogP contribution >= 0.6 is 0 Å². The number of aromatic nitrogens is 1. The summed E-state index contributed by atoms with van der Waals surface area (Å²) in [5, 5.41) is 1.34. The summed E-state index contributed by atoms with van der Waals surface area (Å²) in [6.07, 6.45) is 3.90. The topological polar surface area (TPSA) is 17.4 Å². The summed E-state index contributed by atoms with van der Waals surface area (Å²) in [6, 6.07) is 11.5. The van der Waals surface area contributed by atoms with Crippen LogP contribution in [-0.4, -0.2) is 35.8 Å². The number of benzene rings is 1. The van der Waals surface area contributed by atoms with Crippen molar-refractivity contribution in [3.05, 3.63) is 36.0 Å². The summed E-state index contributed by atoms with van der Waals surface area (Å²) in [5.74, 6) is 0. The molecule has 0 saturated carbocycles. The van der Waals surface area contributed by atoms with E-state index in [4.69, 9.17) is 4.74 Å². The van der Waals surface area contributed by atoms with Crippen molar-refractivity contribution in [3.8, 4) is 0 Å². The van der Waals surface area contributed by atoms with E-state index in [1.54, 1.807) is 0 Å². The lowest BCUT2D eigenvalue weighted by molar-refractivity contribution is 0.0588. The average Bonchev–Trinajstić information content (AvgIpc) is 2.79. The van der Waals surface area contributed by atoms with E-state index in [2.05, 4.69) is 46.8 Å². The summed E-state index contributed by atoms with van der Waals surface area (Å²) in [5.41, 5.74) is 2.72. The van der Waals surface area contributed by atoms with Gasteiger partial charge < -0.3 is 9.30 Å². The first kappa shape index (κ1) is 13.7. The first-order chi connectivity index (χ1) is 9.79. The van der Waals surface area contributed by atoms with Crippen LogP contribution in [0, 0.1) is 0 Å². The molecule has 1 fully saturated rings. The zero-order valence-corrected chi connectivity index (χ0v) is 12.5. The van der Waals surface area contributed by atoms with Gasteiger partial charge in [-0.2, -0.15) is 0 Å². The maximum absolute atomic E-state index is 5.39. The van der Waals surface area contributed by atoms with Gasteiger partial charge in [-0.25, -0.2) is 0 Å². The SMILES string of the molecule is COC[C@@H]1CCCCN1Cc1cc2ccccc2n1C. The van der Waals surface area contributed by atoms with Crippen molar-refractivity contribution in [2.75, 3.05) is 20.3 Å². The molecule has 3 heteroatoms. The Morgan fingerprint density at radius 3 is 2.90 bits per heavy atom. The van der Waals surface area contributed by atoms with Crippen LogP contribution in [-0.2, 0) is 18.3 Å². The summed E-state index contributed by atoms with van der Waals surface area (Å²) >= 11 is 0. The lowest BCUT2D eigenvalue weighted by Crippen LogP contribution is -2.41. The summed E-state index contributed by atoms with van der Waals surface area (Å²) in [7, 11) is 3.98. The van der Waals surface area contributed by atoms with Crippen molar-refractivity contribution >= 4 is 10.9 Å². The third kappa shape index (κ3) is 2.60. The normalized spacial score (nSPS) is 20.6. The number of aryl methyl sites for hydroxylation is 1. The molecule has 1 aliphatic heterocycles. The third-order valence-corrected chi connectivity index (χ3v) is 4.52. The number of likely N-dealkylation sites (tertiary alicyclic amines) is 1. The van der Waals surface area contributed by atoms with Crippen molar-refractivity contribution in [2.45, 2.75) is 31.8 Å². The van der Waals surface area contributed by atoms with Crippen molar-refractivity contribution < 1.29 is 4.74 Å². The van der Waals surface area contributed by atoms with E-state index in [1.165, 1.54) is 42.4 Å². The molecule has 0 aliphatic carbocycles. The van der Waals surface area contributed by atoms with Crippen molar-refractivity contribution in [1.82, 2.24) is 9.47 Å². The molecule has 2 heterocycles. The van der Waals surface area contributed by atoms with Crippen LogP contribution < -0.4 is 0 Å². The maximum Gasteiger partial charge on any atom is 0.0618 e. The minimum Gasteiger partial charge on any atom is -0.383 e. The van der Waals surface area contributed by atoms with E-state index in [0.717, 1.165) is 13.2 Å². The molecule has 108 valence electrons. The Morgan fingerprint density at radius 2 is 2.10 bits per heavy atom. The molecule has 0 radical (unpaired) electrons. The minimum atomic E-state index is 0.576. The van der Waals surface area contributed by atoms with Gasteiger partial charge in [0.25, 0.3) is 0 Å². The van der Waals surface area contributed by atoms with Crippen LogP contribution in [0.2, 0.25) is 0 Å². The zero-order chi connectivity index (χ0) is 13.9. The van der Waals surface area contributed by atoms with Crippen LogP contribution in [0.25, 0.3) is 10.9 Å². The molecule has 2 aromatic rings. The van der Waals surface area contributed by atoms with Crippen LogP contribution in [0.1, 0.15) is 25.0 Å². The van der Waals surface area contributed by atoms with Gasteiger partial charge >= 0.3 is 0 Å². The quantitative estimate of drug-likeness (QED) is 0.850. The number of para-hydroxylation sites is 1. The highest BCUT2D eigenvalue weighted by atomic mass is 16.5. The van der Waals surface area contributed by atoms with E-state index >= 15 is 0 Å². The maximum atomic E-state index is 5.39.